The molecule has 1 aliphatic rings. The Labute approximate surface area is 169 Å². The zero-order chi connectivity index (χ0) is 20.4. The van der Waals surface area contributed by atoms with Gasteiger partial charge in [-0.3, -0.25) is 14.6 Å². The Hall–Kier alpha value is -3.15. The summed E-state index contributed by atoms with van der Waals surface area (Å²) >= 11 is 0. The third kappa shape index (κ3) is 4.01. The number of ether oxygens (including phenoxy) is 1. The van der Waals surface area contributed by atoms with Crippen LogP contribution in [0.1, 0.15) is 41.7 Å². The van der Waals surface area contributed by atoms with Gasteiger partial charge in [0.05, 0.1) is 17.3 Å². The summed E-state index contributed by atoms with van der Waals surface area (Å²) in [6, 6.07) is 13.1. The number of para-hydroxylation sites is 1. The highest BCUT2D eigenvalue weighted by atomic mass is 16.5. The molecule has 1 aliphatic carbocycles. The van der Waals surface area contributed by atoms with Crippen molar-refractivity contribution in [2.24, 2.45) is 7.05 Å². The molecule has 29 heavy (non-hydrogen) atoms. The van der Waals surface area contributed by atoms with Crippen LogP contribution in [0.15, 0.2) is 53.5 Å². The number of hydrogen-bond acceptors (Lipinski definition) is 4. The highest BCUT2D eigenvalue weighted by molar-refractivity contribution is 5.97. The first-order valence-corrected chi connectivity index (χ1v) is 10.0. The Bertz CT molecular complexity index is 1100. The molecule has 1 fully saturated rings. The molecule has 0 radical (unpaired) electrons. The van der Waals surface area contributed by atoms with Gasteiger partial charge in [-0.25, -0.2) is 0 Å². The van der Waals surface area contributed by atoms with Crippen LogP contribution in [0.3, 0.4) is 0 Å². The number of carbonyl (C=O) groups is 1. The molecule has 6 heteroatoms. The van der Waals surface area contributed by atoms with E-state index in [4.69, 9.17) is 4.74 Å². The first-order valence-electron chi connectivity index (χ1n) is 10.0. The van der Waals surface area contributed by atoms with Crippen molar-refractivity contribution in [2.75, 3.05) is 0 Å². The van der Waals surface area contributed by atoms with Crippen molar-refractivity contribution in [3.8, 4) is 5.75 Å². The third-order valence-corrected chi connectivity index (χ3v) is 5.64. The molecule has 6 nitrogen and oxygen atoms in total. The summed E-state index contributed by atoms with van der Waals surface area (Å²) in [5.41, 5.74) is 1.62. The van der Waals surface area contributed by atoms with Crippen molar-refractivity contribution in [1.82, 2.24) is 14.9 Å². The second kappa shape index (κ2) is 8.07. The van der Waals surface area contributed by atoms with Crippen LogP contribution in [-0.2, 0) is 7.05 Å². The molecule has 3 aromatic rings. The lowest BCUT2D eigenvalue weighted by Crippen LogP contribution is -2.42. The normalized spacial score (nSPS) is 19.1. The van der Waals surface area contributed by atoms with E-state index in [1.165, 1.54) is 4.57 Å². The molecular weight excluding hydrogens is 366 g/mol. The van der Waals surface area contributed by atoms with E-state index >= 15 is 0 Å². The molecule has 0 bridgehead atoms. The van der Waals surface area contributed by atoms with Gasteiger partial charge in [-0.1, -0.05) is 18.2 Å². The van der Waals surface area contributed by atoms with Crippen molar-refractivity contribution < 1.29 is 9.53 Å². The summed E-state index contributed by atoms with van der Waals surface area (Å²) in [6.07, 6.45) is 5.24. The maximum Gasteiger partial charge on any atom is 0.263 e. The van der Waals surface area contributed by atoms with Crippen LogP contribution < -0.4 is 15.6 Å². The number of benzene rings is 1. The Morgan fingerprint density at radius 3 is 2.66 bits per heavy atom. The Morgan fingerprint density at radius 1 is 1.14 bits per heavy atom. The lowest BCUT2D eigenvalue weighted by Gasteiger charge is -2.29. The highest BCUT2D eigenvalue weighted by Gasteiger charge is 2.25. The van der Waals surface area contributed by atoms with Gasteiger partial charge < -0.3 is 14.6 Å². The Kier molecular flexibility index (Phi) is 5.34. The van der Waals surface area contributed by atoms with E-state index in [0.717, 1.165) is 48.0 Å². The van der Waals surface area contributed by atoms with Crippen LogP contribution in [0.25, 0.3) is 10.9 Å². The summed E-state index contributed by atoms with van der Waals surface area (Å²) < 4.78 is 7.61. The molecule has 0 unspecified atom stereocenters. The quantitative estimate of drug-likeness (QED) is 0.740. The summed E-state index contributed by atoms with van der Waals surface area (Å²) in [5.74, 6) is 0.517. The topological polar surface area (TPSA) is 73.2 Å². The van der Waals surface area contributed by atoms with E-state index < -0.39 is 0 Å². The van der Waals surface area contributed by atoms with Crippen LogP contribution in [-0.4, -0.2) is 27.6 Å². The third-order valence-electron chi connectivity index (χ3n) is 5.64. The lowest BCUT2D eigenvalue weighted by molar-refractivity contribution is 0.0891. The van der Waals surface area contributed by atoms with Crippen molar-refractivity contribution in [2.45, 2.75) is 44.8 Å². The second-order valence-electron chi connectivity index (χ2n) is 7.63. The number of hydrogen-bond donors (Lipinski definition) is 1. The zero-order valence-electron chi connectivity index (χ0n) is 16.7. The molecule has 1 aromatic carbocycles. The van der Waals surface area contributed by atoms with Gasteiger partial charge in [-0.05, 0) is 62.3 Å². The van der Waals surface area contributed by atoms with Crippen molar-refractivity contribution in [1.29, 1.82) is 0 Å². The van der Waals surface area contributed by atoms with Crippen LogP contribution >= 0.6 is 0 Å². The minimum absolute atomic E-state index is 0.0496. The van der Waals surface area contributed by atoms with Gasteiger partial charge in [-0.15, -0.1) is 0 Å². The summed E-state index contributed by atoms with van der Waals surface area (Å²) in [4.78, 5) is 29.7. The number of nitrogens with one attached hydrogen (secondary N) is 1. The molecule has 1 N–H and O–H groups in total. The van der Waals surface area contributed by atoms with E-state index in [0.29, 0.717) is 0 Å². The van der Waals surface area contributed by atoms with E-state index in [1.54, 1.807) is 19.3 Å². The number of amides is 1. The van der Waals surface area contributed by atoms with E-state index in [-0.39, 0.29) is 29.2 Å². The maximum absolute atomic E-state index is 12.8. The average molecular weight is 391 g/mol. The van der Waals surface area contributed by atoms with Crippen LogP contribution in [0.4, 0.5) is 0 Å². The van der Waals surface area contributed by atoms with Crippen molar-refractivity contribution >= 4 is 16.8 Å². The standard InChI is InChI=1S/C23H25N3O3/c1-15-21(8-5-13-24-15)29-18-11-9-17(10-12-18)25-22(27)19-14-16-6-3-4-7-20(16)26(2)23(19)28/h3-8,13-14,17-18H,9-12H2,1-2H3,(H,25,27). The van der Waals surface area contributed by atoms with Crippen molar-refractivity contribution in [3.63, 3.8) is 0 Å². The van der Waals surface area contributed by atoms with E-state index in [2.05, 4.69) is 10.3 Å². The van der Waals surface area contributed by atoms with Gasteiger partial charge in [-0.2, -0.15) is 0 Å². The highest BCUT2D eigenvalue weighted by Crippen LogP contribution is 2.25. The minimum Gasteiger partial charge on any atom is -0.489 e. The Balaban J connectivity index is 1.40. The molecule has 2 aromatic heterocycles. The lowest BCUT2D eigenvalue weighted by atomic mass is 9.92. The van der Waals surface area contributed by atoms with Gasteiger partial charge in [0.25, 0.3) is 11.5 Å². The second-order valence-corrected chi connectivity index (χ2v) is 7.63. The molecule has 4 rings (SSSR count). The summed E-state index contributed by atoms with van der Waals surface area (Å²) in [7, 11) is 1.70. The summed E-state index contributed by atoms with van der Waals surface area (Å²) in [6.45, 7) is 1.94. The molecule has 150 valence electrons. The van der Waals surface area contributed by atoms with Crippen LogP contribution in [0, 0.1) is 6.92 Å². The van der Waals surface area contributed by atoms with Gasteiger partial charge in [0.2, 0.25) is 0 Å². The predicted octanol–water partition coefficient (Wildman–Crippen LogP) is 3.36. The molecule has 0 saturated heterocycles. The number of aryl methyl sites for hydroxylation is 2. The zero-order valence-corrected chi connectivity index (χ0v) is 16.7. The van der Waals surface area contributed by atoms with E-state index in [9.17, 15) is 9.59 Å². The molecule has 0 aliphatic heterocycles. The fourth-order valence-electron chi connectivity index (χ4n) is 3.95. The van der Waals surface area contributed by atoms with E-state index in [1.807, 2.05) is 43.3 Å². The largest absolute Gasteiger partial charge is 0.489 e. The number of pyridine rings is 2. The van der Waals surface area contributed by atoms with Gasteiger partial charge in [0, 0.05) is 19.3 Å². The van der Waals surface area contributed by atoms with Crippen LogP contribution in [0.2, 0.25) is 0 Å². The average Bonchev–Trinajstić information content (AvgIpc) is 2.73. The number of nitrogens with zero attached hydrogens (tertiary/aromatic N) is 2. The molecule has 1 amide bonds. The first-order chi connectivity index (χ1) is 14.0. The van der Waals surface area contributed by atoms with Crippen molar-refractivity contribution in [3.05, 3.63) is 70.3 Å². The van der Waals surface area contributed by atoms with Gasteiger partial charge in [0.15, 0.2) is 0 Å². The maximum atomic E-state index is 12.8. The Morgan fingerprint density at radius 2 is 1.90 bits per heavy atom. The van der Waals surface area contributed by atoms with Crippen LogP contribution in [0.5, 0.6) is 5.75 Å². The minimum atomic E-state index is -0.302. The number of rotatable bonds is 4. The fourth-order valence-corrected chi connectivity index (χ4v) is 3.95. The first kappa shape index (κ1) is 19.2. The number of fused-ring (bicyclic) bond motifs is 1. The molecule has 0 spiro atoms. The van der Waals surface area contributed by atoms with Gasteiger partial charge in [0.1, 0.15) is 11.3 Å². The SMILES string of the molecule is Cc1ncccc1OC1CCC(NC(=O)c2cc3ccccc3n(C)c2=O)CC1. The number of carbonyl (C=O) groups excluding carboxylic acids is 1. The number of aromatic nitrogens is 2. The predicted molar refractivity (Wildman–Crippen MR) is 112 cm³/mol. The van der Waals surface area contributed by atoms with Gasteiger partial charge >= 0.3 is 0 Å². The smallest absolute Gasteiger partial charge is 0.263 e. The summed E-state index contributed by atoms with van der Waals surface area (Å²) in [5, 5.41) is 3.92. The molecular formula is C23H25N3O3. The fraction of sp³-hybridized carbons (Fsp3) is 0.348. The molecule has 1 saturated carbocycles. The molecule has 2 heterocycles. The molecule has 0 atom stereocenters. The monoisotopic (exact) mass is 391 g/mol.